The van der Waals surface area contributed by atoms with Gasteiger partial charge in [-0.25, -0.2) is 18.7 Å². The molecule has 0 aliphatic heterocycles. The lowest BCUT2D eigenvalue weighted by Crippen LogP contribution is -2.33. The molecule has 0 bridgehead atoms. The fourth-order valence-electron chi connectivity index (χ4n) is 2.58. The van der Waals surface area contributed by atoms with E-state index in [0.717, 1.165) is 4.68 Å². The number of rotatable bonds is 3. The molecule has 0 spiro atoms. The van der Waals surface area contributed by atoms with Crippen LogP contribution in [0.1, 0.15) is 10.4 Å². The van der Waals surface area contributed by atoms with Gasteiger partial charge in [-0.1, -0.05) is 12.1 Å². The summed E-state index contributed by atoms with van der Waals surface area (Å²) in [6.45, 7) is 0. The van der Waals surface area contributed by atoms with E-state index in [-0.39, 0.29) is 11.2 Å². The van der Waals surface area contributed by atoms with Crippen LogP contribution in [-0.2, 0) is 0 Å². The number of aromatic nitrogens is 4. The molecule has 27 heavy (non-hydrogen) atoms. The molecule has 0 unspecified atom stereocenters. The number of carbonyl (C=O) groups is 1. The monoisotopic (exact) mass is 427 g/mol. The van der Waals surface area contributed by atoms with Crippen LogP contribution in [0.25, 0.3) is 16.7 Å². The second kappa shape index (κ2) is 6.76. The van der Waals surface area contributed by atoms with Gasteiger partial charge in [0.25, 0.3) is 11.5 Å². The number of hydrogen-bond acceptors (Lipinski definition) is 4. The van der Waals surface area contributed by atoms with Gasteiger partial charge in [-0.3, -0.25) is 15.0 Å². The van der Waals surface area contributed by atoms with E-state index in [9.17, 15) is 14.0 Å². The van der Waals surface area contributed by atoms with Crippen molar-refractivity contribution in [3.63, 3.8) is 0 Å². The Balaban J connectivity index is 1.71. The number of nitrogens with one attached hydrogen (secondary N) is 1. The maximum Gasteiger partial charge on any atom is 0.283 e. The Morgan fingerprint density at radius 2 is 1.85 bits per heavy atom. The molecule has 0 aliphatic rings. The van der Waals surface area contributed by atoms with Crippen LogP contribution >= 0.6 is 15.9 Å². The van der Waals surface area contributed by atoms with E-state index in [1.807, 2.05) is 0 Å². The summed E-state index contributed by atoms with van der Waals surface area (Å²) >= 11 is 3.30. The van der Waals surface area contributed by atoms with Crippen molar-refractivity contribution < 1.29 is 9.18 Å². The maximum atomic E-state index is 13.1. The Hall–Kier alpha value is -3.33. The van der Waals surface area contributed by atoms with Gasteiger partial charge in [0, 0.05) is 4.47 Å². The van der Waals surface area contributed by atoms with E-state index >= 15 is 0 Å². The molecule has 0 fully saturated rings. The average Bonchev–Trinajstić information content (AvgIpc) is 3.10. The number of halogens is 2. The van der Waals surface area contributed by atoms with Crippen LogP contribution in [0.4, 0.5) is 4.39 Å². The molecule has 4 rings (SSSR count). The molecule has 7 nitrogen and oxygen atoms in total. The van der Waals surface area contributed by atoms with Crippen molar-refractivity contribution in [2.24, 2.45) is 0 Å². The molecular weight excluding hydrogens is 417 g/mol. The van der Waals surface area contributed by atoms with Crippen LogP contribution in [0.2, 0.25) is 0 Å². The third-order valence-electron chi connectivity index (χ3n) is 3.90. The van der Waals surface area contributed by atoms with Crippen LogP contribution < -0.4 is 11.0 Å². The molecule has 0 aliphatic carbocycles. The molecule has 0 radical (unpaired) electrons. The van der Waals surface area contributed by atoms with Gasteiger partial charge in [0.1, 0.15) is 17.5 Å². The molecule has 2 aromatic heterocycles. The van der Waals surface area contributed by atoms with Gasteiger partial charge in [0.15, 0.2) is 5.65 Å². The Morgan fingerprint density at radius 1 is 1.11 bits per heavy atom. The fraction of sp³-hybridized carbons (Fsp3) is 0. The van der Waals surface area contributed by atoms with Crippen molar-refractivity contribution in [1.29, 1.82) is 0 Å². The van der Waals surface area contributed by atoms with Gasteiger partial charge in [0.2, 0.25) is 0 Å². The van der Waals surface area contributed by atoms with E-state index in [1.165, 1.54) is 41.5 Å². The number of benzene rings is 2. The SMILES string of the molecule is O=C(Nn1cnc2c(cnn2-c2ccc(F)cc2)c1=O)c1ccccc1Br. The lowest BCUT2D eigenvalue weighted by molar-refractivity contribution is 0.101. The van der Waals surface area contributed by atoms with Gasteiger partial charge in [-0.2, -0.15) is 5.10 Å². The molecule has 0 saturated carbocycles. The third kappa shape index (κ3) is 3.13. The fourth-order valence-corrected chi connectivity index (χ4v) is 3.04. The highest BCUT2D eigenvalue weighted by atomic mass is 79.9. The first kappa shape index (κ1) is 17.1. The van der Waals surface area contributed by atoms with Gasteiger partial charge in [-0.15, -0.1) is 0 Å². The summed E-state index contributed by atoms with van der Waals surface area (Å²) in [6.07, 6.45) is 2.57. The number of fused-ring (bicyclic) bond motifs is 1. The summed E-state index contributed by atoms with van der Waals surface area (Å²) in [5, 5.41) is 4.36. The number of hydrogen-bond donors (Lipinski definition) is 1. The minimum absolute atomic E-state index is 0.217. The maximum absolute atomic E-state index is 13.1. The molecule has 134 valence electrons. The van der Waals surface area contributed by atoms with Crippen molar-refractivity contribution in [2.45, 2.75) is 0 Å². The summed E-state index contributed by atoms with van der Waals surface area (Å²) in [5.74, 6) is -0.836. The standard InChI is InChI=1S/C18H11BrFN5O2/c19-15-4-2-1-3-13(15)17(26)23-24-10-21-16-14(18(24)27)9-22-25(16)12-7-5-11(20)6-8-12/h1-10H,(H,23,26). The van der Waals surface area contributed by atoms with Crippen molar-refractivity contribution in [2.75, 3.05) is 5.43 Å². The van der Waals surface area contributed by atoms with Gasteiger partial charge >= 0.3 is 0 Å². The molecule has 0 atom stereocenters. The normalized spacial score (nSPS) is 10.9. The molecular formula is C18H11BrFN5O2. The van der Waals surface area contributed by atoms with Gasteiger partial charge < -0.3 is 0 Å². The molecule has 2 aromatic carbocycles. The minimum atomic E-state index is -0.478. The van der Waals surface area contributed by atoms with Crippen LogP contribution in [0.15, 0.2) is 70.3 Å². The number of carbonyl (C=O) groups excluding carboxylic acids is 1. The topological polar surface area (TPSA) is 81.8 Å². The summed E-state index contributed by atoms with van der Waals surface area (Å²) in [4.78, 5) is 29.3. The molecule has 1 amide bonds. The second-order valence-corrected chi connectivity index (χ2v) is 6.46. The lowest BCUT2D eigenvalue weighted by atomic mass is 10.2. The summed E-state index contributed by atoms with van der Waals surface area (Å²) < 4.78 is 16.1. The zero-order chi connectivity index (χ0) is 19.0. The largest absolute Gasteiger partial charge is 0.283 e. The van der Waals surface area contributed by atoms with Crippen molar-refractivity contribution in [1.82, 2.24) is 19.4 Å². The smallest absolute Gasteiger partial charge is 0.267 e. The highest BCUT2D eigenvalue weighted by Crippen LogP contribution is 2.16. The van der Waals surface area contributed by atoms with Crippen LogP contribution in [0.5, 0.6) is 0 Å². The first-order valence-electron chi connectivity index (χ1n) is 7.82. The minimum Gasteiger partial charge on any atom is -0.267 e. The van der Waals surface area contributed by atoms with Crippen molar-refractivity contribution >= 4 is 32.9 Å². The van der Waals surface area contributed by atoms with Crippen LogP contribution in [-0.4, -0.2) is 25.3 Å². The van der Waals surface area contributed by atoms with E-state index < -0.39 is 11.5 Å². The Bertz CT molecular complexity index is 1220. The zero-order valence-electron chi connectivity index (χ0n) is 13.6. The lowest BCUT2D eigenvalue weighted by Gasteiger charge is -2.09. The van der Waals surface area contributed by atoms with Gasteiger partial charge in [-0.05, 0) is 52.3 Å². The predicted molar refractivity (Wildman–Crippen MR) is 101 cm³/mol. The van der Waals surface area contributed by atoms with Crippen LogP contribution in [0, 0.1) is 5.82 Å². The van der Waals surface area contributed by atoms with E-state index in [4.69, 9.17) is 0 Å². The Labute approximate surface area is 160 Å². The third-order valence-corrected chi connectivity index (χ3v) is 4.59. The highest BCUT2D eigenvalue weighted by Gasteiger charge is 2.14. The molecule has 0 saturated heterocycles. The predicted octanol–water partition coefficient (Wildman–Crippen LogP) is 2.87. The van der Waals surface area contributed by atoms with Crippen LogP contribution in [0.3, 0.4) is 0 Å². The molecule has 9 heteroatoms. The second-order valence-electron chi connectivity index (χ2n) is 5.61. The Morgan fingerprint density at radius 3 is 2.59 bits per heavy atom. The van der Waals surface area contributed by atoms with E-state index in [2.05, 4.69) is 31.4 Å². The summed E-state index contributed by atoms with van der Waals surface area (Å²) in [7, 11) is 0. The number of nitrogens with zero attached hydrogens (tertiary/aromatic N) is 4. The average molecular weight is 428 g/mol. The quantitative estimate of drug-likeness (QED) is 0.544. The highest BCUT2D eigenvalue weighted by molar-refractivity contribution is 9.10. The number of amides is 1. The molecule has 1 N–H and O–H groups in total. The first-order chi connectivity index (χ1) is 13.0. The van der Waals surface area contributed by atoms with Crippen molar-refractivity contribution in [3.8, 4) is 5.69 Å². The zero-order valence-corrected chi connectivity index (χ0v) is 15.2. The first-order valence-corrected chi connectivity index (χ1v) is 8.61. The van der Waals surface area contributed by atoms with E-state index in [1.54, 1.807) is 24.3 Å². The van der Waals surface area contributed by atoms with Crippen molar-refractivity contribution in [3.05, 3.63) is 87.3 Å². The van der Waals surface area contributed by atoms with E-state index in [0.29, 0.717) is 21.4 Å². The Kier molecular flexibility index (Phi) is 4.28. The summed E-state index contributed by atoms with van der Waals surface area (Å²) in [5.41, 5.74) is 3.27. The molecule has 4 aromatic rings. The molecule has 2 heterocycles. The van der Waals surface area contributed by atoms with Gasteiger partial charge in [0.05, 0.1) is 17.4 Å². The summed E-state index contributed by atoms with van der Waals surface area (Å²) in [6, 6.07) is 12.5.